The van der Waals surface area contributed by atoms with Gasteiger partial charge < -0.3 is 15.3 Å². The Morgan fingerprint density at radius 1 is 1.00 bits per heavy atom. The lowest BCUT2D eigenvalue weighted by atomic mass is 9.77. The largest absolute Gasteiger partial charge is 0.465 e. The summed E-state index contributed by atoms with van der Waals surface area (Å²) < 4.78 is 0. The number of unbranched alkanes of at least 4 members (excludes halogenated alkanes) is 1. The molecule has 0 bridgehead atoms. The summed E-state index contributed by atoms with van der Waals surface area (Å²) in [6, 6.07) is 4.44. The lowest BCUT2D eigenvalue weighted by Crippen LogP contribution is -2.49. The number of amides is 6. The minimum absolute atomic E-state index is 0.0205. The molecule has 1 aromatic carbocycles. The van der Waals surface area contributed by atoms with E-state index in [2.05, 4.69) is 16.0 Å². The summed E-state index contributed by atoms with van der Waals surface area (Å²) in [4.78, 5) is 76.1. The van der Waals surface area contributed by atoms with Crippen LogP contribution in [0.15, 0.2) is 18.2 Å². The number of hydrogen-bond acceptors (Lipinski definition) is 8. The van der Waals surface area contributed by atoms with Crippen LogP contribution in [-0.2, 0) is 14.4 Å². The molecule has 0 spiro atoms. The van der Waals surface area contributed by atoms with Gasteiger partial charge in [-0.3, -0.25) is 39.6 Å². The zero-order valence-electron chi connectivity index (χ0n) is 20.9. The first-order chi connectivity index (χ1) is 18.2. The van der Waals surface area contributed by atoms with Crippen LogP contribution in [0.3, 0.4) is 0 Å². The summed E-state index contributed by atoms with van der Waals surface area (Å²) in [5.74, 6) is 0.993. The van der Waals surface area contributed by atoms with Crippen LogP contribution >= 0.6 is 0 Å². The minimum atomic E-state index is -1.19. The third-order valence-electron chi connectivity index (χ3n) is 7.41. The van der Waals surface area contributed by atoms with Crippen molar-refractivity contribution in [2.45, 2.75) is 50.5 Å². The quantitative estimate of drug-likeness (QED) is 0.0959. The lowest BCUT2D eigenvalue weighted by molar-refractivity contribution is -0.143. The van der Waals surface area contributed by atoms with Gasteiger partial charge in [0.25, 0.3) is 11.8 Å². The maximum Gasteiger partial charge on any atom is 0.407 e. The monoisotopic (exact) mass is 528 g/mol. The predicted octanol–water partition coefficient (Wildman–Crippen LogP) is -0.0789. The molecule has 2 atom stereocenters. The minimum Gasteiger partial charge on any atom is -0.465 e. The Kier molecular flexibility index (Phi) is 8.37. The van der Waals surface area contributed by atoms with Crippen molar-refractivity contribution in [2.75, 3.05) is 26.2 Å². The number of nitrogens with two attached hydrogens (primary N) is 1. The number of rotatable bonds is 9. The lowest BCUT2D eigenvalue weighted by Gasteiger charge is -2.33. The van der Waals surface area contributed by atoms with E-state index in [-0.39, 0.29) is 42.1 Å². The van der Waals surface area contributed by atoms with E-state index in [1.807, 2.05) is 0 Å². The molecule has 0 aromatic heterocycles. The Morgan fingerprint density at radius 3 is 2.39 bits per heavy atom. The third-order valence-corrected chi connectivity index (χ3v) is 7.41. The van der Waals surface area contributed by atoms with Crippen molar-refractivity contribution in [1.29, 1.82) is 0 Å². The number of nitrogens with one attached hydrogen (secondary N) is 3. The Labute approximate surface area is 219 Å². The van der Waals surface area contributed by atoms with Crippen molar-refractivity contribution in [2.24, 2.45) is 11.8 Å². The van der Waals surface area contributed by atoms with Crippen molar-refractivity contribution >= 4 is 35.6 Å². The predicted molar refractivity (Wildman–Crippen MR) is 133 cm³/mol. The number of carboxylic acid groups (broad SMARTS) is 1. The fraction of sp³-hybridized carbons (Fsp3) is 0.520. The van der Waals surface area contributed by atoms with E-state index in [1.54, 1.807) is 0 Å². The molecule has 3 aliphatic heterocycles. The Morgan fingerprint density at radius 2 is 1.71 bits per heavy atom. The highest BCUT2D eigenvalue weighted by atomic mass is 16.4. The molecule has 3 heterocycles. The van der Waals surface area contributed by atoms with E-state index in [0.717, 1.165) is 30.9 Å². The number of piperidine rings is 2. The van der Waals surface area contributed by atoms with Gasteiger partial charge in [-0.25, -0.2) is 10.6 Å². The van der Waals surface area contributed by atoms with Crippen LogP contribution in [0, 0.1) is 5.92 Å². The SMILES string of the molecule is NN(CCCCN(C(=O)O)C1CCNCC1)C(=O)C(c1cccc2c1C(=O)NC2=O)C1CCC(=O)NC1=O. The van der Waals surface area contributed by atoms with Crippen molar-refractivity contribution in [3.05, 3.63) is 34.9 Å². The molecule has 3 aliphatic rings. The van der Waals surface area contributed by atoms with Gasteiger partial charge in [0, 0.05) is 25.6 Å². The Balaban J connectivity index is 1.49. The molecular weight excluding hydrogens is 496 g/mol. The molecule has 0 aliphatic carbocycles. The first-order valence-electron chi connectivity index (χ1n) is 12.8. The number of hydrazine groups is 1. The average Bonchev–Trinajstić information content (AvgIpc) is 3.19. The molecular formula is C25H32N6O7. The molecule has 2 unspecified atom stereocenters. The van der Waals surface area contributed by atoms with Gasteiger partial charge in [-0.2, -0.15) is 0 Å². The van der Waals surface area contributed by atoms with E-state index in [4.69, 9.17) is 5.84 Å². The van der Waals surface area contributed by atoms with Crippen LogP contribution in [0.4, 0.5) is 4.79 Å². The molecule has 0 radical (unpaired) electrons. The molecule has 13 heteroatoms. The number of nitrogens with zero attached hydrogens (tertiary/aromatic N) is 2. The molecule has 6 N–H and O–H groups in total. The molecule has 4 rings (SSSR count). The number of carbonyl (C=O) groups excluding carboxylic acids is 5. The van der Waals surface area contributed by atoms with Crippen LogP contribution in [0.2, 0.25) is 0 Å². The summed E-state index contributed by atoms with van der Waals surface area (Å²) in [6.45, 7) is 1.90. The molecule has 1 aromatic rings. The van der Waals surface area contributed by atoms with Crippen LogP contribution in [0.5, 0.6) is 0 Å². The second kappa shape index (κ2) is 11.7. The van der Waals surface area contributed by atoms with Gasteiger partial charge in [0.2, 0.25) is 17.7 Å². The van der Waals surface area contributed by atoms with Crippen molar-refractivity contribution < 1.29 is 33.9 Å². The van der Waals surface area contributed by atoms with Crippen LogP contribution in [-0.4, -0.2) is 82.9 Å². The smallest absolute Gasteiger partial charge is 0.407 e. The zero-order valence-corrected chi connectivity index (χ0v) is 20.9. The first kappa shape index (κ1) is 27.2. The van der Waals surface area contributed by atoms with Gasteiger partial charge in [0.1, 0.15) is 0 Å². The topological polar surface area (TPSA) is 191 Å². The Bertz CT molecular complexity index is 1150. The summed E-state index contributed by atoms with van der Waals surface area (Å²) in [7, 11) is 0. The highest BCUT2D eigenvalue weighted by Crippen LogP contribution is 2.36. The normalized spacial score (nSPS) is 20.4. The van der Waals surface area contributed by atoms with Crippen molar-refractivity contribution in [3.8, 4) is 0 Å². The molecule has 13 nitrogen and oxygen atoms in total. The van der Waals surface area contributed by atoms with E-state index in [0.29, 0.717) is 19.4 Å². The zero-order chi connectivity index (χ0) is 27.4. The maximum absolute atomic E-state index is 13.6. The van der Waals surface area contributed by atoms with Gasteiger partial charge >= 0.3 is 6.09 Å². The molecule has 6 amide bonds. The van der Waals surface area contributed by atoms with E-state index >= 15 is 0 Å². The van der Waals surface area contributed by atoms with Crippen LogP contribution in [0.1, 0.15) is 70.7 Å². The summed E-state index contributed by atoms with van der Waals surface area (Å²) >= 11 is 0. The average molecular weight is 529 g/mol. The second-order valence-corrected chi connectivity index (χ2v) is 9.78. The number of imide groups is 2. The first-order valence-corrected chi connectivity index (χ1v) is 12.8. The van der Waals surface area contributed by atoms with E-state index < -0.39 is 47.5 Å². The fourth-order valence-electron chi connectivity index (χ4n) is 5.46. The third kappa shape index (κ3) is 5.68. The highest BCUT2D eigenvalue weighted by molar-refractivity contribution is 6.22. The highest BCUT2D eigenvalue weighted by Gasteiger charge is 2.43. The van der Waals surface area contributed by atoms with Crippen LogP contribution < -0.4 is 21.8 Å². The van der Waals surface area contributed by atoms with Crippen molar-refractivity contribution in [3.63, 3.8) is 0 Å². The summed E-state index contributed by atoms with van der Waals surface area (Å²) in [6.07, 6.45) is 1.46. The van der Waals surface area contributed by atoms with Crippen molar-refractivity contribution in [1.82, 2.24) is 25.9 Å². The molecule has 204 valence electrons. The van der Waals surface area contributed by atoms with E-state index in [1.165, 1.54) is 23.1 Å². The molecule has 2 saturated heterocycles. The summed E-state index contributed by atoms with van der Waals surface area (Å²) in [5, 5.41) is 18.3. The second-order valence-electron chi connectivity index (χ2n) is 9.78. The fourth-order valence-corrected chi connectivity index (χ4v) is 5.46. The standard InChI is InChI=1S/C25H32N6O7/c26-31(13-2-1-12-30(25(37)38)14-8-10-27-11-9-14)24(36)20(17-6-7-18(32)28-21(17)33)15-4-3-5-16-19(15)23(35)29-22(16)34/h3-5,14,17,20,27H,1-2,6-13,26H2,(H,37,38)(H,28,32,33)(H,29,34,35). The number of hydrogen-bond donors (Lipinski definition) is 5. The summed E-state index contributed by atoms with van der Waals surface area (Å²) in [5.41, 5.74) is 0.324. The molecule has 0 saturated carbocycles. The molecule has 2 fully saturated rings. The van der Waals surface area contributed by atoms with Gasteiger partial charge in [-0.1, -0.05) is 12.1 Å². The maximum atomic E-state index is 13.6. The van der Waals surface area contributed by atoms with Gasteiger partial charge in [0.05, 0.1) is 23.0 Å². The van der Waals surface area contributed by atoms with E-state index in [9.17, 15) is 33.9 Å². The molecule has 38 heavy (non-hydrogen) atoms. The van der Waals surface area contributed by atoms with Gasteiger partial charge in [-0.15, -0.1) is 0 Å². The Hall–Kier alpha value is -3.84. The number of benzene rings is 1. The van der Waals surface area contributed by atoms with Crippen LogP contribution in [0.25, 0.3) is 0 Å². The number of carbonyl (C=O) groups is 6. The van der Waals surface area contributed by atoms with Gasteiger partial charge in [0.15, 0.2) is 0 Å². The van der Waals surface area contributed by atoms with Gasteiger partial charge in [-0.05, 0) is 56.8 Å². The number of fused-ring (bicyclic) bond motifs is 1.